The molecule has 2 unspecified atom stereocenters. The van der Waals surface area contributed by atoms with E-state index in [1.165, 1.54) is 0 Å². The average molecular weight is 265 g/mol. The van der Waals surface area contributed by atoms with E-state index in [0.29, 0.717) is 0 Å². The molecule has 4 heteroatoms. The van der Waals surface area contributed by atoms with E-state index < -0.39 is 5.97 Å². The minimum atomic E-state index is -0.766. The molecule has 1 aromatic rings. The van der Waals surface area contributed by atoms with E-state index in [9.17, 15) is 4.79 Å². The summed E-state index contributed by atoms with van der Waals surface area (Å²) in [6, 6.07) is 6.24. The van der Waals surface area contributed by atoms with Gasteiger partial charge in [-0.15, -0.1) is 0 Å². The van der Waals surface area contributed by atoms with Crippen LogP contribution in [0.2, 0.25) is 0 Å². The number of ether oxygens (including phenoxy) is 1. The summed E-state index contributed by atoms with van der Waals surface area (Å²) in [4.78, 5) is 12.8. The molecule has 0 radical (unpaired) electrons. The zero-order valence-corrected chi connectivity index (χ0v) is 12.3. The minimum absolute atomic E-state index is 0.00472. The van der Waals surface area contributed by atoms with Crippen LogP contribution >= 0.6 is 0 Å². The van der Waals surface area contributed by atoms with E-state index in [2.05, 4.69) is 17.9 Å². The van der Waals surface area contributed by atoms with E-state index in [1.54, 1.807) is 7.11 Å². The number of methoxy groups -OCH3 is 1. The molecule has 106 valence electrons. The van der Waals surface area contributed by atoms with Crippen LogP contribution in [0.5, 0.6) is 5.75 Å². The fraction of sp³-hybridized carbons (Fsp3) is 0.533. The lowest BCUT2D eigenvalue weighted by Crippen LogP contribution is -2.33. The molecule has 0 spiro atoms. The van der Waals surface area contributed by atoms with Crippen LogP contribution in [-0.4, -0.2) is 36.2 Å². The van der Waals surface area contributed by atoms with E-state index in [-0.39, 0.29) is 18.5 Å². The van der Waals surface area contributed by atoms with E-state index in [1.807, 2.05) is 33.0 Å². The number of carboxylic acid groups (broad SMARTS) is 1. The number of carboxylic acids is 1. The van der Waals surface area contributed by atoms with Gasteiger partial charge >= 0.3 is 5.97 Å². The zero-order chi connectivity index (χ0) is 14.6. The summed E-state index contributed by atoms with van der Waals surface area (Å²) in [5, 5.41) is 8.85. The number of nitrogens with zero attached hydrogens (tertiary/aromatic N) is 1. The Morgan fingerprint density at radius 3 is 2.53 bits per heavy atom. The van der Waals surface area contributed by atoms with Gasteiger partial charge in [0.2, 0.25) is 0 Å². The van der Waals surface area contributed by atoms with Crippen LogP contribution in [0.25, 0.3) is 0 Å². The van der Waals surface area contributed by atoms with E-state index in [4.69, 9.17) is 9.84 Å². The number of aliphatic carboxylic acids is 1. The number of carbonyl (C=O) groups is 1. The highest BCUT2D eigenvalue weighted by Crippen LogP contribution is 2.26. The topological polar surface area (TPSA) is 49.8 Å². The van der Waals surface area contributed by atoms with Crippen molar-refractivity contribution in [1.82, 2.24) is 4.90 Å². The maximum atomic E-state index is 10.8. The number of hydrogen-bond donors (Lipinski definition) is 1. The molecule has 4 nitrogen and oxygen atoms in total. The van der Waals surface area contributed by atoms with Crippen molar-refractivity contribution in [2.24, 2.45) is 0 Å². The summed E-state index contributed by atoms with van der Waals surface area (Å²) >= 11 is 0. The monoisotopic (exact) mass is 265 g/mol. The predicted octanol–water partition coefficient (Wildman–Crippen LogP) is 2.86. The minimum Gasteiger partial charge on any atom is -0.496 e. The van der Waals surface area contributed by atoms with E-state index in [0.717, 1.165) is 16.9 Å². The summed E-state index contributed by atoms with van der Waals surface area (Å²) in [5.41, 5.74) is 2.25. The Balaban J connectivity index is 2.84. The molecule has 0 fully saturated rings. The first-order chi connectivity index (χ1) is 8.86. The van der Waals surface area contributed by atoms with Crippen LogP contribution in [0.15, 0.2) is 18.2 Å². The van der Waals surface area contributed by atoms with Crippen molar-refractivity contribution in [2.45, 2.75) is 39.3 Å². The highest BCUT2D eigenvalue weighted by Gasteiger charge is 2.20. The second-order valence-electron chi connectivity index (χ2n) is 5.02. The van der Waals surface area contributed by atoms with Gasteiger partial charge in [0.25, 0.3) is 0 Å². The number of rotatable bonds is 6. The number of aryl methyl sites for hydroxylation is 1. The summed E-state index contributed by atoms with van der Waals surface area (Å²) in [7, 11) is 3.62. The van der Waals surface area contributed by atoms with Crippen molar-refractivity contribution in [1.29, 1.82) is 0 Å². The highest BCUT2D eigenvalue weighted by atomic mass is 16.5. The van der Waals surface area contributed by atoms with Gasteiger partial charge in [0.05, 0.1) is 13.5 Å². The third-order valence-electron chi connectivity index (χ3n) is 3.68. The quantitative estimate of drug-likeness (QED) is 0.859. The summed E-state index contributed by atoms with van der Waals surface area (Å²) in [6.07, 6.45) is 0.149. The second kappa shape index (κ2) is 6.57. The molecule has 0 heterocycles. The van der Waals surface area contributed by atoms with Crippen molar-refractivity contribution < 1.29 is 14.6 Å². The van der Waals surface area contributed by atoms with Gasteiger partial charge < -0.3 is 9.84 Å². The molecule has 0 saturated heterocycles. The van der Waals surface area contributed by atoms with Gasteiger partial charge in [-0.1, -0.05) is 12.1 Å². The molecule has 1 N–H and O–H groups in total. The molecule has 0 aromatic heterocycles. The van der Waals surface area contributed by atoms with Crippen LogP contribution in [0.1, 0.15) is 37.4 Å². The second-order valence-corrected chi connectivity index (χ2v) is 5.02. The fourth-order valence-corrected chi connectivity index (χ4v) is 2.18. The van der Waals surface area contributed by atoms with Crippen LogP contribution in [0.3, 0.4) is 0 Å². The molecule has 0 amide bonds. The lowest BCUT2D eigenvalue weighted by molar-refractivity contribution is -0.138. The largest absolute Gasteiger partial charge is 0.496 e. The number of benzene rings is 1. The molecular weight excluding hydrogens is 242 g/mol. The lowest BCUT2D eigenvalue weighted by atomic mass is 10.0. The highest BCUT2D eigenvalue weighted by molar-refractivity contribution is 5.67. The van der Waals surface area contributed by atoms with Gasteiger partial charge in [-0.05, 0) is 45.0 Å². The number of hydrogen-bond acceptors (Lipinski definition) is 3. The van der Waals surface area contributed by atoms with Crippen LogP contribution in [0, 0.1) is 6.92 Å². The Morgan fingerprint density at radius 2 is 2.05 bits per heavy atom. The molecule has 19 heavy (non-hydrogen) atoms. The van der Waals surface area contributed by atoms with Gasteiger partial charge in [-0.25, -0.2) is 0 Å². The predicted molar refractivity (Wildman–Crippen MR) is 75.6 cm³/mol. The average Bonchev–Trinajstić information content (AvgIpc) is 2.36. The molecule has 0 aliphatic carbocycles. The zero-order valence-electron chi connectivity index (χ0n) is 12.3. The third-order valence-corrected chi connectivity index (χ3v) is 3.68. The van der Waals surface area contributed by atoms with Crippen molar-refractivity contribution in [3.05, 3.63) is 29.3 Å². The third kappa shape index (κ3) is 3.96. The molecule has 0 aliphatic heterocycles. The first kappa shape index (κ1) is 15.5. The van der Waals surface area contributed by atoms with Gasteiger partial charge in [0.1, 0.15) is 5.75 Å². The Morgan fingerprint density at radius 1 is 1.42 bits per heavy atom. The smallest absolute Gasteiger partial charge is 0.304 e. The maximum Gasteiger partial charge on any atom is 0.304 e. The summed E-state index contributed by atoms with van der Waals surface area (Å²) in [5.74, 6) is 0.106. The van der Waals surface area contributed by atoms with E-state index >= 15 is 0 Å². The Hall–Kier alpha value is -1.55. The summed E-state index contributed by atoms with van der Waals surface area (Å²) < 4.78 is 5.25. The van der Waals surface area contributed by atoms with Crippen molar-refractivity contribution in [3.8, 4) is 5.75 Å². The van der Waals surface area contributed by atoms with Crippen molar-refractivity contribution in [3.63, 3.8) is 0 Å². The Labute approximate surface area is 115 Å². The molecule has 0 bridgehead atoms. The molecule has 0 aliphatic rings. The molecule has 1 rings (SSSR count). The summed E-state index contributed by atoms with van der Waals surface area (Å²) in [6.45, 7) is 6.02. The SMILES string of the molecule is COc1ccc(C(C)N(C)C(C)CC(=O)O)cc1C. The normalized spacial score (nSPS) is 14.2. The van der Waals surface area contributed by atoms with Crippen molar-refractivity contribution in [2.75, 3.05) is 14.2 Å². The first-order valence-corrected chi connectivity index (χ1v) is 6.45. The van der Waals surface area contributed by atoms with Crippen LogP contribution in [-0.2, 0) is 4.79 Å². The van der Waals surface area contributed by atoms with Gasteiger partial charge in [-0.3, -0.25) is 9.69 Å². The molecule has 0 saturated carbocycles. The fourth-order valence-electron chi connectivity index (χ4n) is 2.18. The Kier molecular flexibility index (Phi) is 5.36. The van der Waals surface area contributed by atoms with Crippen molar-refractivity contribution >= 4 is 5.97 Å². The van der Waals surface area contributed by atoms with Gasteiger partial charge in [0.15, 0.2) is 0 Å². The van der Waals surface area contributed by atoms with Crippen LogP contribution < -0.4 is 4.74 Å². The molecule has 2 atom stereocenters. The van der Waals surface area contributed by atoms with Gasteiger partial charge in [0, 0.05) is 12.1 Å². The lowest BCUT2D eigenvalue weighted by Gasteiger charge is -2.30. The van der Waals surface area contributed by atoms with Crippen LogP contribution in [0.4, 0.5) is 0 Å². The maximum absolute atomic E-state index is 10.8. The van der Waals surface area contributed by atoms with Gasteiger partial charge in [-0.2, -0.15) is 0 Å². The molecular formula is C15H23NO3. The first-order valence-electron chi connectivity index (χ1n) is 6.45. The Bertz CT molecular complexity index is 445. The standard InChI is InChI=1S/C15H23NO3/c1-10-8-13(6-7-14(10)19-5)12(3)16(4)11(2)9-15(17)18/h6-8,11-12H,9H2,1-5H3,(H,17,18). The molecule has 1 aromatic carbocycles.